The van der Waals surface area contributed by atoms with Crippen molar-refractivity contribution in [2.45, 2.75) is 0 Å². The van der Waals surface area contributed by atoms with Crippen molar-refractivity contribution in [3.8, 4) is 123 Å². The van der Waals surface area contributed by atoms with Crippen LogP contribution in [0.1, 0.15) is 0 Å². The minimum atomic E-state index is 0.665. The monoisotopic (exact) mass is 1010 g/mol. The van der Waals surface area contributed by atoms with E-state index < -0.39 is 0 Å². The number of fused-ring (bicyclic) bond motifs is 3. The highest BCUT2D eigenvalue weighted by molar-refractivity contribution is 6.26. The summed E-state index contributed by atoms with van der Waals surface area (Å²) in [5, 5.41) is 30.0. The van der Waals surface area contributed by atoms with Gasteiger partial charge in [0.15, 0.2) is 0 Å². The van der Waals surface area contributed by atoms with Gasteiger partial charge in [-0.1, -0.05) is 261 Å². The van der Waals surface area contributed by atoms with Gasteiger partial charge < -0.3 is 4.42 Å². The Morgan fingerprint density at radius 3 is 1.33 bits per heavy atom. The Bertz CT molecular complexity index is 4500. The second-order valence-electron chi connectivity index (χ2n) is 19.4. The number of nitrogens with zero attached hydrogens (tertiary/aromatic N) is 6. The molecule has 3 aromatic heterocycles. The topological polar surface area (TPSA) is 90.5 Å². The Labute approximate surface area is 456 Å². The summed E-state index contributed by atoms with van der Waals surface area (Å²) >= 11 is 0. The summed E-state index contributed by atoms with van der Waals surface area (Å²) in [5.41, 5.74) is 22.2. The van der Waals surface area contributed by atoms with Crippen LogP contribution in [-0.4, -0.2) is 30.8 Å². The molecule has 0 amide bonds. The first-order valence-corrected chi connectivity index (χ1v) is 26.4. The maximum Gasteiger partial charge on any atom is 0.144 e. The van der Waals surface area contributed by atoms with Crippen molar-refractivity contribution in [3.63, 3.8) is 0 Å². The standard InChI is InChI=1S/C72H46N6O/c1-7-25-47(26-8-1)53-37-19-20-38-55(53)65-54(48-27-9-2-10-28-48)43-44-59(66(65)60-45-46-73-77-74-60)68-62(49-29-11-3-12-30-49)67(69-58-41-23-24-42-61(58)79-72(69)63(68)50-31-13-4-14-32-50)56-39-21-22-40-57(56)71-64(51-33-15-5-16-34-51)70(75-78-76-71)52-35-17-6-18-36-52/h1-46H. The molecule has 0 saturated heterocycles. The molecule has 0 aliphatic heterocycles. The molecule has 7 nitrogen and oxygen atoms in total. The maximum atomic E-state index is 7.42. The fourth-order valence-electron chi connectivity index (χ4n) is 11.5. The Kier molecular flexibility index (Phi) is 12.1. The molecule has 14 rings (SSSR count). The summed E-state index contributed by atoms with van der Waals surface area (Å²) in [6.07, 6.45) is 1.73. The Balaban J connectivity index is 1.21. The fourth-order valence-corrected chi connectivity index (χ4v) is 11.5. The van der Waals surface area contributed by atoms with Crippen molar-refractivity contribution in [3.05, 3.63) is 279 Å². The highest BCUT2D eigenvalue weighted by atomic mass is 16.3. The molecule has 0 N–H and O–H groups in total. The van der Waals surface area contributed by atoms with Crippen LogP contribution in [0.3, 0.4) is 0 Å². The zero-order chi connectivity index (χ0) is 52.5. The molecular formula is C72H46N6O. The summed E-state index contributed by atoms with van der Waals surface area (Å²) in [4.78, 5) is 0. The lowest BCUT2D eigenvalue weighted by Crippen LogP contribution is -2.03. The van der Waals surface area contributed by atoms with Gasteiger partial charge in [-0.05, 0) is 83.8 Å². The van der Waals surface area contributed by atoms with Crippen molar-refractivity contribution in [1.82, 2.24) is 30.8 Å². The van der Waals surface area contributed by atoms with Crippen molar-refractivity contribution in [2.24, 2.45) is 0 Å². The molecule has 0 bridgehead atoms. The average Bonchev–Trinajstić information content (AvgIpc) is 4.20. The van der Waals surface area contributed by atoms with Crippen molar-refractivity contribution in [2.75, 3.05) is 0 Å². The third kappa shape index (κ3) is 8.34. The lowest BCUT2D eigenvalue weighted by Gasteiger charge is -2.27. The molecule has 11 aromatic carbocycles. The van der Waals surface area contributed by atoms with Gasteiger partial charge in [-0.15, -0.1) is 20.4 Å². The van der Waals surface area contributed by atoms with Gasteiger partial charge in [0, 0.05) is 55.3 Å². The fraction of sp³-hybridized carbons (Fsp3) is 0. The predicted octanol–water partition coefficient (Wildman–Crippen LogP) is 18.3. The number of furan rings is 1. The van der Waals surface area contributed by atoms with Crippen LogP contribution in [-0.2, 0) is 0 Å². The van der Waals surface area contributed by atoms with Crippen LogP contribution in [0.4, 0.5) is 0 Å². The van der Waals surface area contributed by atoms with Gasteiger partial charge in [0.25, 0.3) is 0 Å². The van der Waals surface area contributed by atoms with Crippen molar-refractivity contribution in [1.29, 1.82) is 0 Å². The minimum Gasteiger partial charge on any atom is -0.455 e. The van der Waals surface area contributed by atoms with E-state index in [0.29, 0.717) is 11.4 Å². The first-order valence-electron chi connectivity index (χ1n) is 26.4. The second-order valence-corrected chi connectivity index (χ2v) is 19.4. The highest BCUT2D eigenvalue weighted by Crippen LogP contribution is 2.58. The van der Waals surface area contributed by atoms with Gasteiger partial charge in [0.05, 0.1) is 11.9 Å². The van der Waals surface area contributed by atoms with E-state index in [1.807, 2.05) is 36.4 Å². The first kappa shape index (κ1) is 46.7. The Hall–Kier alpha value is -10.8. The minimum absolute atomic E-state index is 0.665. The van der Waals surface area contributed by atoms with Gasteiger partial charge in [0.1, 0.15) is 22.6 Å². The lowest BCUT2D eigenvalue weighted by atomic mass is 9.75. The van der Waals surface area contributed by atoms with Crippen LogP contribution in [0.2, 0.25) is 0 Å². The third-order valence-electron chi connectivity index (χ3n) is 14.9. The number of benzene rings is 11. The van der Waals surface area contributed by atoms with E-state index in [9.17, 15) is 0 Å². The summed E-state index contributed by atoms with van der Waals surface area (Å²) in [6, 6.07) is 95.5. The number of hydrogen-bond donors (Lipinski definition) is 0. The van der Waals surface area contributed by atoms with Crippen LogP contribution >= 0.6 is 0 Å². The normalized spacial score (nSPS) is 11.3. The smallest absolute Gasteiger partial charge is 0.144 e. The molecule has 79 heavy (non-hydrogen) atoms. The molecule has 0 saturated carbocycles. The molecular weight excluding hydrogens is 965 g/mol. The van der Waals surface area contributed by atoms with Crippen LogP contribution in [0.5, 0.6) is 0 Å². The number of hydrogen-bond acceptors (Lipinski definition) is 7. The van der Waals surface area contributed by atoms with Crippen LogP contribution in [0.15, 0.2) is 284 Å². The summed E-state index contributed by atoms with van der Waals surface area (Å²) in [7, 11) is 0. The second kappa shape index (κ2) is 20.4. The molecule has 0 aliphatic rings. The molecule has 0 aliphatic carbocycles. The summed E-state index contributed by atoms with van der Waals surface area (Å²) < 4.78 is 7.42. The highest BCUT2D eigenvalue weighted by Gasteiger charge is 2.33. The largest absolute Gasteiger partial charge is 0.455 e. The molecule has 370 valence electrons. The van der Waals surface area contributed by atoms with Gasteiger partial charge in [-0.25, -0.2) is 0 Å². The van der Waals surface area contributed by atoms with E-state index in [4.69, 9.17) is 19.7 Å². The zero-order valence-electron chi connectivity index (χ0n) is 42.6. The molecule has 0 unspecified atom stereocenters. The van der Waals surface area contributed by atoms with Gasteiger partial charge in [-0.2, -0.15) is 0 Å². The average molecular weight is 1010 g/mol. The molecule has 7 heteroatoms. The van der Waals surface area contributed by atoms with Gasteiger partial charge in [0.2, 0.25) is 0 Å². The molecule has 0 fully saturated rings. The van der Waals surface area contributed by atoms with Crippen LogP contribution in [0, 0.1) is 0 Å². The number of para-hydroxylation sites is 1. The van der Waals surface area contributed by atoms with E-state index in [2.05, 4.69) is 252 Å². The van der Waals surface area contributed by atoms with E-state index in [0.717, 1.165) is 133 Å². The predicted molar refractivity (Wildman–Crippen MR) is 320 cm³/mol. The Morgan fingerprint density at radius 1 is 0.253 bits per heavy atom. The van der Waals surface area contributed by atoms with Gasteiger partial charge >= 0.3 is 0 Å². The summed E-state index contributed by atoms with van der Waals surface area (Å²) in [5.74, 6) is 0. The Morgan fingerprint density at radius 2 is 0.722 bits per heavy atom. The molecule has 0 radical (unpaired) electrons. The summed E-state index contributed by atoms with van der Waals surface area (Å²) in [6.45, 7) is 0. The van der Waals surface area contributed by atoms with Gasteiger partial charge in [-0.3, -0.25) is 0 Å². The third-order valence-corrected chi connectivity index (χ3v) is 14.9. The van der Waals surface area contributed by atoms with E-state index in [-0.39, 0.29) is 0 Å². The van der Waals surface area contributed by atoms with E-state index in [1.165, 1.54) is 0 Å². The van der Waals surface area contributed by atoms with E-state index in [1.54, 1.807) is 6.20 Å². The van der Waals surface area contributed by atoms with Crippen molar-refractivity contribution >= 4 is 21.9 Å². The van der Waals surface area contributed by atoms with Crippen molar-refractivity contribution < 1.29 is 4.42 Å². The molecule has 0 atom stereocenters. The first-order chi connectivity index (χ1) is 39.3. The number of aromatic nitrogens is 6. The number of rotatable bonds is 11. The quantitative estimate of drug-likeness (QED) is 0.127. The molecule has 14 aromatic rings. The van der Waals surface area contributed by atoms with Crippen LogP contribution in [0.25, 0.3) is 145 Å². The SMILES string of the molecule is c1ccc(-c2ccccc2-c2c(-c3ccccc3)ccc(-c3c(-c4ccccc4)c(-c4ccccc4-c4nnnc(-c5ccccc5)c4-c4ccccc4)c4c(oc5ccccc54)c3-c3ccccc3)c2-c2ccnnn2)cc1. The van der Waals surface area contributed by atoms with Crippen LogP contribution < -0.4 is 0 Å². The lowest BCUT2D eigenvalue weighted by molar-refractivity contribution is 0.670. The molecule has 0 spiro atoms. The zero-order valence-corrected chi connectivity index (χ0v) is 42.6. The molecule has 3 heterocycles. The van der Waals surface area contributed by atoms with E-state index >= 15 is 0 Å². The maximum absolute atomic E-state index is 7.42.